The van der Waals surface area contributed by atoms with E-state index in [1.807, 2.05) is 12.1 Å². The van der Waals surface area contributed by atoms with Crippen molar-refractivity contribution in [3.05, 3.63) is 29.8 Å². The lowest BCUT2D eigenvalue weighted by molar-refractivity contribution is -0.938. The molecule has 2 aliphatic heterocycles. The van der Waals surface area contributed by atoms with Crippen molar-refractivity contribution in [2.24, 2.45) is 5.92 Å². The zero-order valence-corrected chi connectivity index (χ0v) is 17.2. The number of nitrogens with one attached hydrogen (secondary N) is 1. The highest BCUT2D eigenvalue weighted by Gasteiger charge is 2.52. The molecule has 1 aliphatic carbocycles. The van der Waals surface area contributed by atoms with Crippen molar-refractivity contribution in [2.45, 2.75) is 63.0 Å². The number of methoxy groups -OCH3 is 1. The highest BCUT2D eigenvalue weighted by atomic mass is 16.5. The Morgan fingerprint density at radius 2 is 1.89 bits per heavy atom. The average molecular weight is 388 g/mol. The van der Waals surface area contributed by atoms with E-state index < -0.39 is 5.60 Å². The third kappa shape index (κ3) is 3.92. The van der Waals surface area contributed by atoms with E-state index in [1.54, 1.807) is 7.11 Å². The van der Waals surface area contributed by atoms with Crippen LogP contribution in [0.5, 0.6) is 5.75 Å². The Hall–Kier alpha value is -1.59. The van der Waals surface area contributed by atoms with Crippen LogP contribution in [0.15, 0.2) is 24.3 Å². The molecule has 3 fully saturated rings. The molecule has 0 bridgehead atoms. The van der Waals surface area contributed by atoms with Crippen LogP contribution >= 0.6 is 0 Å². The number of hydrogen-bond donors (Lipinski definition) is 2. The summed E-state index contributed by atoms with van der Waals surface area (Å²) in [6.07, 6.45) is 8.55. The molecular weight excluding hydrogens is 352 g/mol. The summed E-state index contributed by atoms with van der Waals surface area (Å²) in [6, 6.07) is 8.47. The first-order valence-corrected chi connectivity index (χ1v) is 11.1. The lowest BCUT2D eigenvalue weighted by Crippen LogP contribution is -3.16. The van der Waals surface area contributed by atoms with Gasteiger partial charge in [0.25, 0.3) is 5.91 Å². The molecule has 1 aromatic rings. The van der Waals surface area contributed by atoms with Gasteiger partial charge in [-0.05, 0) is 56.4 Å². The maximum Gasteiger partial charge on any atom is 0.277 e. The quantitative estimate of drug-likeness (QED) is 0.830. The topological polar surface area (TPSA) is 54.2 Å². The van der Waals surface area contributed by atoms with Crippen LogP contribution in [0.1, 0.15) is 63.0 Å². The number of ether oxygens (including phenoxy) is 1. The van der Waals surface area contributed by atoms with E-state index in [2.05, 4.69) is 17.0 Å². The Bertz CT molecular complexity index is 671. The SMILES string of the molecule is COc1ccc([C@H]2[C@@H]3CCCC[C@]3(O)CC[NH+]2CC(=O)N2CCCCC2)cc1. The Kier molecular flexibility index (Phi) is 5.93. The van der Waals surface area contributed by atoms with Gasteiger partial charge in [-0.15, -0.1) is 0 Å². The van der Waals surface area contributed by atoms with Gasteiger partial charge in [0.2, 0.25) is 0 Å². The monoisotopic (exact) mass is 387 g/mol. The van der Waals surface area contributed by atoms with Crippen molar-refractivity contribution in [1.82, 2.24) is 4.90 Å². The number of amides is 1. The van der Waals surface area contributed by atoms with Crippen LogP contribution in [0.25, 0.3) is 0 Å². The summed E-state index contributed by atoms with van der Waals surface area (Å²) in [7, 11) is 1.68. The number of piperidine rings is 2. The van der Waals surface area contributed by atoms with Gasteiger partial charge in [-0.3, -0.25) is 4.79 Å². The summed E-state index contributed by atoms with van der Waals surface area (Å²) in [4.78, 5) is 16.4. The normalized spacial score (nSPS) is 33.2. The standard InChI is InChI=1S/C23H34N2O3/c1-28-19-10-8-18(9-11-19)22-20-7-3-4-12-23(20,27)13-16-25(22)17-21(26)24-14-5-2-6-15-24/h8-11,20,22,27H,2-7,12-17H2,1H3/p+1/t20-,22-,23-/m0/s1. The minimum Gasteiger partial charge on any atom is -0.497 e. The molecule has 1 aromatic carbocycles. The minimum absolute atomic E-state index is 0.179. The van der Waals surface area contributed by atoms with Gasteiger partial charge in [-0.25, -0.2) is 0 Å². The van der Waals surface area contributed by atoms with Gasteiger partial charge in [-0.2, -0.15) is 0 Å². The van der Waals surface area contributed by atoms with E-state index in [4.69, 9.17) is 4.74 Å². The zero-order valence-electron chi connectivity index (χ0n) is 17.2. The molecule has 0 radical (unpaired) electrons. The molecule has 2 heterocycles. The van der Waals surface area contributed by atoms with E-state index >= 15 is 0 Å². The second-order valence-corrected chi connectivity index (χ2v) is 8.98. The smallest absolute Gasteiger partial charge is 0.277 e. The third-order valence-corrected chi connectivity index (χ3v) is 7.35. The van der Waals surface area contributed by atoms with Crippen molar-refractivity contribution in [3.63, 3.8) is 0 Å². The second kappa shape index (κ2) is 8.42. The number of carbonyl (C=O) groups excluding carboxylic acids is 1. The number of hydrogen-bond acceptors (Lipinski definition) is 3. The van der Waals surface area contributed by atoms with Gasteiger partial charge in [0.1, 0.15) is 11.8 Å². The van der Waals surface area contributed by atoms with E-state index in [9.17, 15) is 9.90 Å². The number of quaternary nitrogens is 1. The lowest BCUT2D eigenvalue weighted by atomic mass is 9.66. The van der Waals surface area contributed by atoms with Gasteiger partial charge in [0.15, 0.2) is 6.54 Å². The van der Waals surface area contributed by atoms with Gasteiger partial charge in [0.05, 0.1) is 19.3 Å². The zero-order chi connectivity index (χ0) is 19.6. The Morgan fingerprint density at radius 1 is 1.14 bits per heavy atom. The molecular formula is C23H35N2O3+. The summed E-state index contributed by atoms with van der Waals surface area (Å²) >= 11 is 0. The number of rotatable bonds is 4. The number of fused-ring (bicyclic) bond motifs is 1. The summed E-state index contributed by atoms with van der Waals surface area (Å²) in [5, 5.41) is 11.4. The largest absolute Gasteiger partial charge is 0.497 e. The van der Waals surface area contributed by atoms with Gasteiger partial charge >= 0.3 is 0 Å². The molecule has 0 aromatic heterocycles. The Labute approximate surface area is 168 Å². The molecule has 5 nitrogen and oxygen atoms in total. The van der Waals surface area contributed by atoms with E-state index in [0.29, 0.717) is 6.54 Å². The van der Waals surface area contributed by atoms with Crippen LogP contribution in [0.3, 0.4) is 0 Å². The molecule has 1 unspecified atom stereocenters. The average Bonchev–Trinajstić information content (AvgIpc) is 2.74. The fourth-order valence-electron chi connectivity index (χ4n) is 5.78. The van der Waals surface area contributed by atoms with Crippen LogP contribution in [0.4, 0.5) is 0 Å². The van der Waals surface area contributed by atoms with Crippen LogP contribution < -0.4 is 9.64 Å². The highest BCUT2D eigenvalue weighted by Crippen LogP contribution is 2.44. The molecule has 5 heteroatoms. The summed E-state index contributed by atoms with van der Waals surface area (Å²) in [5.41, 5.74) is 0.660. The van der Waals surface area contributed by atoms with Crippen molar-refractivity contribution in [3.8, 4) is 5.75 Å². The third-order valence-electron chi connectivity index (χ3n) is 7.35. The number of benzene rings is 1. The molecule has 4 rings (SSSR count). The van der Waals surface area contributed by atoms with Crippen LogP contribution in [-0.4, -0.2) is 54.8 Å². The second-order valence-electron chi connectivity index (χ2n) is 8.98. The molecule has 3 aliphatic rings. The Balaban J connectivity index is 1.58. The first-order chi connectivity index (χ1) is 13.6. The van der Waals surface area contributed by atoms with Crippen LogP contribution in [-0.2, 0) is 4.79 Å². The maximum absolute atomic E-state index is 13.0. The maximum atomic E-state index is 13.0. The summed E-state index contributed by atoms with van der Waals surface area (Å²) in [5.74, 6) is 1.37. The lowest BCUT2D eigenvalue weighted by Gasteiger charge is -2.50. The predicted molar refractivity (Wildman–Crippen MR) is 108 cm³/mol. The number of likely N-dealkylation sites (tertiary alicyclic amines) is 2. The van der Waals surface area contributed by atoms with Gasteiger partial charge in [0, 0.05) is 31.0 Å². The minimum atomic E-state index is -0.569. The van der Waals surface area contributed by atoms with Gasteiger partial charge < -0.3 is 19.6 Å². The highest BCUT2D eigenvalue weighted by molar-refractivity contribution is 5.77. The van der Waals surface area contributed by atoms with E-state index in [-0.39, 0.29) is 17.9 Å². The summed E-state index contributed by atoms with van der Waals surface area (Å²) in [6.45, 7) is 3.23. The van der Waals surface area contributed by atoms with Gasteiger partial charge in [-0.1, -0.05) is 12.8 Å². The summed E-state index contributed by atoms with van der Waals surface area (Å²) < 4.78 is 5.34. The fraction of sp³-hybridized carbons (Fsp3) is 0.696. The van der Waals surface area contributed by atoms with E-state index in [0.717, 1.165) is 63.9 Å². The molecule has 154 valence electrons. The van der Waals surface area contributed by atoms with Crippen molar-refractivity contribution >= 4 is 5.91 Å². The van der Waals surface area contributed by atoms with Crippen LogP contribution in [0, 0.1) is 5.92 Å². The van der Waals surface area contributed by atoms with Crippen LogP contribution in [0.2, 0.25) is 0 Å². The molecule has 1 saturated carbocycles. The number of aliphatic hydroxyl groups is 1. The van der Waals surface area contributed by atoms with Crippen molar-refractivity contribution in [1.29, 1.82) is 0 Å². The molecule has 1 amide bonds. The van der Waals surface area contributed by atoms with E-state index in [1.165, 1.54) is 23.3 Å². The number of nitrogens with zero attached hydrogens (tertiary/aromatic N) is 1. The first-order valence-electron chi connectivity index (χ1n) is 11.1. The van der Waals surface area contributed by atoms with Crippen molar-refractivity contribution in [2.75, 3.05) is 33.3 Å². The molecule has 2 saturated heterocycles. The first kappa shape index (κ1) is 19.7. The molecule has 2 N–H and O–H groups in total. The predicted octanol–water partition coefficient (Wildman–Crippen LogP) is 1.96. The number of carbonyl (C=O) groups is 1. The Morgan fingerprint density at radius 3 is 2.61 bits per heavy atom. The van der Waals surface area contributed by atoms with Crippen molar-refractivity contribution < 1.29 is 19.5 Å². The molecule has 28 heavy (non-hydrogen) atoms. The molecule has 4 atom stereocenters. The fourth-order valence-corrected chi connectivity index (χ4v) is 5.78. The molecule has 0 spiro atoms.